The monoisotopic (exact) mass is 278 g/mol. The van der Waals surface area contributed by atoms with Crippen molar-refractivity contribution in [2.45, 2.75) is 32.8 Å². The summed E-state index contributed by atoms with van der Waals surface area (Å²) in [5, 5.41) is 11.2. The molecule has 7 nitrogen and oxygen atoms in total. The molecule has 1 aromatic rings. The van der Waals surface area contributed by atoms with Crippen LogP contribution in [0.1, 0.15) is 33.0 Å². The van der Waals surface area contributed by atoms with E-state index in [0.717, 1.165) is 0 Å². The number of rotatable bonds is 5. The van der Waals surface area contributed by atoms with E-state index in [1.165, 1.54) is 12.4 Å². The third-order valence-corrected chi connectivity index (χ3v) is 1.99. The molecule has 0 aromatic carbocycles. The van der Waals surface area contributed by atoms with E-state index >= 15 is 0 Å². The number of hydrogen-bond acceptors (Lipinski definition) is 6. The summed E-state index contributed by atoms with van der Waals surface area (Å²) in [6.07, 6.45) is 3.05. The molecule has 0 saturated heterocycles. The normalized spacial score (nSPS) is 10.5. The number of nitrogens with zero attached hydrogens (tertiary/aromatic N) is 3. The summed E-state index contributed by atoms with van der Waals surface area (Å²) in [7, 11) is 0. The molecule has 0 fully saturated rings. The smallest absolute Gasteiger partial charge is 0.407 e. The number of aromatic nitrogens is 2. The first-order valence-electron chi connectivity index (χ1n) is 6.22. The quantitative estimate of drug-likeness (QED) is 0.822. The van der Waals surface area contributed by atoms with E-state index in [1.54, 1.807) is 20.8 Å². The highest BCUT2D eigenvalue weighted by Crippen LogP contribution is 2.07. The molecule has 20 heavy (non-hydrogen) atoms. The lowest BCUT2D eigenvalue weighted by Crippen LogP contribution is -2.33. The standard InChI is InChI=1S/C13H18N4O3/c1-13(2,3)20-12(18)15-5-4-6-19-10-8-16-11(7-14)17-9-10/h8-9H,4-6H2,1-3H3,(H,15,18). The highest BCUT2D eigenvalue weighted by molar-refractivity contribution is 5.67. The van der Waals surface area contributed by atoms with Crippen LogP contribution in [0.4, 0.5) is 4.79 Å². The molecule has 0 bridgehead atoms. The first-order valence-corrected chi connectivity index (χ1v) is 6.22. The number of ether oxygens (including phenoxy) is 2. The van der Waals surface area contributed by atoms with Crippen molar-refractivity contribution in [1.29, 1.82) is 5.26 Å². The zero-order valence-corrected chi connectivity index (χ0v) is 11.8. The van der Waals surface area contributed by atoms with E-state index in [4.69, 9.17) is 14.7 Å². The van der Waals surface area contributed by atoms with Crippen LogP contribution in [0.2, 0.25) is 0 Å². The first kappa shape index (κ1) is 15.7. The molecule has 108 valence electrons. The lowest BCUT2D eigenvalue weighted by molar-refractivity contribution is 0.0525. The Labute approximate surface area is 117 Å². The molecular formula is C13H18N4O3. The zero-order valence-electron chi connectivity index (χ0n) is 11.8. The number of carbonyl (C=O) groups excluding carboxylic acids is 1. The van der Waals surface area contributed by atoms with Gasteiger partial charge in [-0.15, -0.1) is 0 Å². The van der Waals surface area contributed by atoms with Gasteiger partial charge in [-0.05, 0) is 27.2 Å². The summed E-state index contributed by atoms with van der Waals surface area (Å²) in [6, 6.07) is 1.82. The average Bonchev–Trinajstić information content (AvgIpc) is 2.37. The van der Waals surface area contributed by atoms with Crippen molar-refractivity contribution < 1.29 is 14.3 Å². The molecule has 0 aliphatic carbocycles. The molecule has 1 aromatic heterocycles. The number of carbonyl (C=O) groups is 1. The van der Waals surface area contributed by atoms with Gasteiger partial charge >= 0.3 is 6.09 Å². The molecule has 1 rings (SSSR count). The summed E-state index contributed by atoms with van der Waals surface area (Å²) in [5.74, 6) is 0.588. The van der Waals surface area contributed by atoms with Crippen molar-refractivity contribution in [3.63, 3.8) is 0 Å². The van der Waals surface area contributed by atoms with Crippen LogP contribution >= 0.6 is 0 Å². The van der Waals surface area contributed by atoms with Crippen molar-refractivity contribution in [3.05, 3.63) is 18.2 Å². The molecule has 7 heteroatoms. The Kier molecular flexibility index (Phi) is 5.72. The van der Waals surface area contributed by atoms with Crippen molar-refractivity contribution in [2.75, 3.05) is 13.2 Å². The zero-order chi connectivity index (χ0) is 15.0. The SMILES string of the molecule is CC(C)(C)OC(=O)NCCCOc1cnc(C#N)nc1. The van der Waals surface area contributed by atoms with Gasteiger partial charge in [-0.2, -0.15) is 5.26 Å². The molecule has 0 atom stereocenters. The first-order chi connectivity index (χ1) is 9.40. The van der Waals surface area contributed by atoms with Gasteiger partial charge in [-0.1, -0.05) is 0 Å². The van der Waals surface area contributed by atoms with E-state index in [2.05, 4.69) is 15.3 Å². The lowest BCUT2D eigenvalue weighted by Gasteiger charge is -2.19. The Bertz CT molecular complexity index is 474. The highest BCUT2D eigenvalue weighted by atomic mass is 16.6. The van der Waals surface area contributed by atoms with Crippen molar-refractivity contribution in [2.24, 2.45) is 0 Å². The molecule has 1 N–H and O–H groups in total. The molecule has 0 radical (unpaired) electrons. The highest BCUT2D eigenvalue weighted by Gasteiger charge is 2.15. The third kappa shape index (κ3) is 6.54. The van der Waals surface area contributed by atoms with Crippen LogP contribution < -0.4 is 10.1 Å². The van der Waals surface area contributed by atoms with Crippen molar-refractivity contribution in [3.8, 4) is 11.8 Å². The van der Waals surface area contributed by atoms with Gasteiger partial charge in [0, 0.05) is 6.54 Å². The molecule has 0 aliphatic rings. The second-order valence-electron chi connectivity index (χ2n) is 4.98. The predicted octanol–water partition coefficient (Wildman–Crippen LogP) is 1.64. The number of hydrogen-bond donors (Lipinski definition) is 1. The second-order valence-corrected chi connectivity index (χ2v) is 4.98. The fourth-order valence-electron chi connectivity index (χ4n) is 1.22. The summed E-state index contributed by atoms with van der Waals surface area (Å²) >= 11 is 0. The molecule has 0 spiro atoms. The minimum absolute atomic E-state index is 0.101. The van der Waals surface area contributed by atoms with Gasteiger partial charge in [0.05, 0.1) is 19.0 Å². The Hall–Kier alpha value is -2.36. The molecule has 1 amide bonds. The summed E-state index contributed by atoms with van der Waals surface area (Å²) in [5.41, 5.74) is -0.500. The largest absolute Gasteiger partial charge is 0.490 e. The second kappa shape index (κ2) is 7.28. The Balaban J connectivity index is 2.16. The number of nitriles is 1. The van der Waals surface area contributed by atoms with Crippen LogP contribution in [-0.4, -0.2) is 34.8 Å². The molecule has 0 aliphatic heterocycles. The van der Waals surface area contributed by atoms with Crippen molar-refractivity contribution >= 4 is 6.09 Å². The maximum Gasteiger partial charge on any atom is 0.407 e. The van der Waals surface area contributed by atoms with E-state index in [-0.39, 0.29) is 5.82 Å². The Morgan fingerprint density at radius 3 is 2.60 bits per heavy atom. The van der Waals surface area contributed by atoms with Gasteiger partial charge in [0.1, 0.15) is 11.7 Å². The fraction of sp³-hybridized carbons (Fsp3) is 0.538. The van der Waals surface area contributed by atoms with Gasteiger partial charge in [-0.3, -0.25) is 0 Å². The molecular weight excluding hydrogens is 260 g/mol. The van der Waals surface area contributed by atoms with Crippen LogP contribution in [-0.2, 0) is 4.74 Å². The molecule has 0 saturated carbocycles. The average molecular weight is 278 g/mol. The van der Waals surface area contributed by atoms with Gasteiger partial charge in [-0.25, -0.2) is 14.8 Å². The van der Waals surface area contributed by atoms with Crippen LogP contribution in [0, 0.1) is 11.3 Å². The van der Waals surface area contributed by atoms with Crippen molar-refractivity contribution in [1.82, 2.24) is 15.3 Å². The van der Waals surface area contributed by atoms with Gasteiger partial charge < -0.3 is 14.8 Å². The lowest BCUT2D eigenvalue weighted by atomic mass is 10.2. The van der Waals surface area contributed by atoms with Crippen LogP contribution in [0.15, 0.2) is 12.4 Å². The van der Waals surface area contributed by atoms with Crippen LogP contribution in [0.5, 0.6) is 5.75 Å². The molecule has 0 unspecified atom stereocenters. The minimum atomic E-state index is -0.500. The van der Waals surface area contributed by atoms with Crippen LogP contribution in [0.25, 0.3) is 0 Å². The molecule has 1 heterocycles. The van der Waals surface area contributed by atoms with Crippen LogP contribution in [0.3, 0.4) is 0 Å². The summed E-state index contributed by atoms with van der Waals surface area (Å²) in [4.78, 5) is 18.9. The van der Waals surface area contributed by atoms with Gasteiger partial charge in [0.15, 0.2) is 5.75 Å². The Morgan fingerprint density at radius 1 is 1.40 bits per heavy atom. The maximum atomic E-state index is 11.3. The van der Waals surface area contributed by atoms with E-state index < -0.39 is 11.7 Å². The number of amides is 1. The summed E-state index contributed by atoms with van der Waals surface area (Å²) < 4.78 is 10.4. The fourth-order valence-corrected chi connectivity index (χ4v) is 1.22. The third-order valence-electron chi connectivity index (χ3n) is 1.99. The van der Waals surface area contributed by atoms with Gasteiger partial charge in [0.2, 0.25) is 5.82 Å². The predicted molar refractivity (Wildman–Crippen MR) is 71.1 cm³/mol. The van der Waals surface area contributed by atoms with Gasteiger partial charge in [0.25, 0.3) is 0 Å². The topological polar surface area (TPSA) is 97.1 Å². The minimum Gasteiger partial charge on any atom is -0.490 e. The summed E-state index contributed by atoms with van der Waals surface area (Å²) in [6.45, 7) is 6.28. The maximum absolute atomic E-state index is 11.3. The van der Waals surface area contributed by atoms with E-state index in [0.29, 0.717) is 25.3 Å². The number of alkyl carbamates (subject to hydrolysis) is 1. The van der Waals surface area contributed by atoms with E-state index in [9.17, 15) is 4.79 Å². The Morgan fingerprint density at radius 2 is 2.05 bits per heavy atom. The number of nitrogens with one attached hydrogen (secondary N) is 1. The van der Waals surface area contributed by atoms with E-state index in [1.807, 2.05) is 6.07 Å².